The zero-order valence-electron chi connectivity index (χ0n) is 11.0. The van der Waals surface area contributed by atoms with Crippen molar-refractivity contribution in [2.75, 3.05) is 6.54 Å². The average Bonchev–Trinajstić information content (AvgIpc) is 2.70. The van der Waals surface area contributed by atoms with Crippen molar-refractivity contribution in [1.82, 2.24) is 30.0 Å². The molecule has 0 aliphatic rings. The van der Waals surface area contributed by atoms with E-state index in [1.165, 1.54) is 0 Å². The van der Waals surface area contributed by atoms with Crippen LogP contribution in [0.15, 0.2) is 12.4 Å². The van der Waals surface area contributed by atoms with Crippen molar-refractivity contribution >= 4 is 0 Å². The van der Waals surface area contributed by atoms with Gasteiger partial charge in [0.25, 0.3) is 0 Å². The van der Waals surface area contributed by atoms with E-state index in [1.807, 2.05) is 13.8 Å². The third-order valence-corrected chi connectivity index (χ3v) is 2.52. The normalized spacial score (nSPS) is 10.8. The highest BCUT2D eigenvalue weighted by Crippen LogP contribution is 2.05. The number of aromatic nitrogens is 5. The number of nitrogens with one attached hydrogen (secondary N) is 1. The third-order valence-electron chi connectivity index (χ3n) is 2.52. The van der Waals surface area contributed by atoms with Crippen molar-refractivity contribution in [3.63, 3.8) is 0 Å². The monoisotopic (exact) mass is 246 g/mol. The van der Waals surface area contributed by atoms with E-state index in [1.54, 1.807) is 17.1 Å². The molecule has 0 saturated heterocycles. The molecule has 0 aliphatic heterocycles. The molecular weight excluding hydrogens is 228 g/mol. The zero-order valence-corrected chi connectivity index (χ0v) is 11.0. The van der Waals surface area contributed by atoms with Crippen LogP contribution in [0, 0.1) is 13.8 Å². The predicted molar refractivity (Wildman–Crippen MR) is 68.4 cm³/mol. The highest BCUT2D eigenvalue weighted by atomic mass is 15.4. The molecule has 96 valence electrons. The summed E-state index contributed by atoms with van der Waals surface area (Å²) in [5.41, 5.74) is 0.932. The molecule has 2 rings (SSSR count). The molecule has 0 aliphatic carbocycles. The molecule has 6 heteroatoms. The van der Waals surface area contributed by atoms with E-state index in [-0.39, 0.29) is 0 Å². The standard InChI is InChI=1S/C12H18N6/c1-4-5-13-6-11-7-15-12(8-14-11)18-10(3)16-9(2)17-18/h7-8,13H,4-6H2,1-3H3. The van der Waals surface area contributed by atoms with Gasteiger partial charge in [-0.1, -0.05) is 6.92 Å². The third kappa shape index (κ3) is 2.89. The minimum atomic E-state index is 0.701. The van der Waals surface area contributed by atoms with E-state index < -0.39 is 0 Å². The largest absolute Gasteiger partial charge is 0.311 e. The first kappa shape index (κ1) is 12.6. The Kier molecular flexibility index (Phi) is 3.99. The van der Waals surface area contributed by atoms with E-state index >= 15 is 0 Å². The van der Waals surface area contributed by atoms with Crippen molar-refractivity contribution in [3.05, 3.63) is 29.7 Å². The van der Waals surface area contributed by atoms with Crippen molar-refractivity contribution < 1.29 is 0 Å². The van der Waals surface area contributed by atoms with Crippen molar-refractivity contribution in [2.24, 2.45) is 0 Å². The van der Waals surface area contributed by atoms with Crippen LogP contribution in [0.1, 0.15) is 30.7 Å². The quantitative estimate of drug-likeness (QED) is 0.802. The van der Waals surface area contributed by atoms with Crippen molar-refractivity contribution in [1.29, 1.82) is 0 Å². The van der Waals surface area contributed by atoms with Gasteiger partial charge in [-0.05, 0) is 26.8 Å². The predicted octanol–water partition coefficient (Wildman–Crippen LogP) is 1.17. The molecule has 18 heavy (non-hydrogen) atoms. The summed E-state index contributed by atoms with van der Waals surface area (Å²) in [6.45, 7) is 7.64. The van der Waals surface area contributed by atoms with Crippen molar-refractivity contribution in [3.8, 4) is 5.82 Å². The van der Waals surface area contributed by atoms with E-state index in [0.29, 0.717) is 5.82 Å². The van der Waals surface area contributed by atoms with Gasteiger partial charge >= 0.3 is 0 Å². The lowest BCUT2D eigenvalue weighted by Crippen LogP contribution is -2.15. The Morgan fingerprint density at radius 1 is 1.22 bits per heavy atom. The Morgan fingerprint density at radius 3 is 2.61 bits per heavy atom. The van der Waals surface area contributed by atoms with Gasteiger partial charge in [0.15, 0.2) is 5.82 Å². The second kappa shape index (κ2) is 5.68. The topological polar surface area (TPSA) is 68.5 Å². The Hall–Kier alpha value is -1.82. The van der Waals surface area contributed by atoms with Crippen LogP contribution in [0.25, 0.3) is 5.82 Å². The molecular formula is C12H18N6. The van der Waals surface area contributed by atoms with Crippen LogP contribution >= 0.6 is 0 Å². The number of hydrogen-bond donors (Lipinski definition) is 1. The summed E-state index contributed by atoms with van der Waals surface area (Å²) in [6.07, 6.45) is 4.61. The summed E-state index contributed by atoms with van der Waals surface area (Å²) >= 11 is 0. The molecule has 0 bridgehead atoms. The summed E-state index contributed by atoms with van der Waals surface area (Å²) in [4.78, 5) is 13.0. The number of aryl methyl sites for hydroxylation is 2. The van der Waals surface area contributed by atoms with Crippen LogP contribution in [0.3, 0.4) is 0 Å². The Balaban J connectivity index is 2.10. The molecule has 0 fully saturated rings. The van der Waals surface area contributed by atoms with Crippen LogP contribution < -0.4 is 5.32 Å². The lowest BCUT2D eigenvalue weighted by Gasteiger charge is -2.04. The first-order chi connectivity index (χ1) is 8.70. The second-order valence-electron chi connectivity index (χ2n) is 4.16. The van der Waals surface area contributed by atoms with Crippen LogP contribution in [-0.4, -0.2) is 31.3 Å². The van der Waals surface area contributed by atoms with E-state index in [2.05, 4.69) is 32.3 Å². The van der Waals surface area contributed by atoms with Gasteiger partial charge in [-0.2, -0.15) is 4.68 Å². The lowest BCUT2D eigenvalue weighted by atomic mass is 10.4. The van der Waals surface area contributed by atoms with E-state index in [9.17, 15) is 0 Å². The van der Waals surface area contributed by atoms with Crippen LogP contribution in [0.4, 0.5) is 0 Å². The molecule has 0 amide bonds. The fourth-order valence-electron chi connectivity index (χ4n) is 1.68. The molecule has 0 unspecified atom stereocenters. The number of rotatable bonds is 5. The molecule has 2 heterocycles. The summed E-state index contributed by atoms with van der Waals surface area (Å²) in [5.74, 6) is 2.26. The molecule has 0 saturated carbocycles. The fraction of sp³-hybridized carbons (Fsp3) is 0.500. The molecule has 0 spiro atoms. The lowest BCUT2D eigenvalue weighted by molar-refractivity contribution is 0.660. The molecule has 0 atom stereocenters. The maximum absolute atomic E-state index is 4.36. The SMILES string of the molecule is CCCNCc1cnc(-n2nc(C)nc2C)cn1. The minimum absolute atomic E-state index is 0.701. The smallest absolute Gasteiger partial charge is 0.174 e. The van der Waals surface area contributed by atoms with Gasteiger partial charge in [0, 0.05) is 6.54 Å². The zero-order chi connectivity index (χ0) is 13.0. The Labute approximate surface area is 106 Å². The number of nitrogens with zero attached hydrogens (tertiary/aromatic N) is 5. The first-order valence-corrected chi connectivity index (χ1v) is 6.13. The Morgan fingerprint density at radius 2 is 2.06 bits per heavy atom. The average molecular weight is 246 g/mol. The highest BCUT2D eigenvalue weighted by molar-refractivity contribution is 5.19. The van der Waals surface area contributed by atoms with Gasteiger partial charge in [0.1, 0.15) is 11.6 Å². The van der Waals surface area contributed by atoms with E-state index in [0.717, 1.165) is 36.9 Å². The maximum atomic E-state index is 4.36. The second-order valence-corrected chi connectivity index (χ2v) is 4.16. The summed E-state index contributed by atoms with van der Waals surface area (Å²) in [5, 5.41) is 7.56. The van der Waals surface area contributed by atoms with Gasteiger partial charge in [0.05, 0.1) is 18.1 Å². The van der Waals surface area contributed by atoms with Gasteiger partial charge in [-0.25, -0.2) is 9.97 Å². The van der Waals surface area contributed by atoms with Gasteiger partial charge in [0.2, 0.25) is 0 Å². The minimum Gasteiger partial charge on any atom is -0.311 e. The summed E-state index contributed by atoms with van der Waals surface area (Å²) in [7, 11) is 0. The van der Waals surface area contributed by atoms with Gasteiger partial charge in [-0.15, -0.1) is 5.10 Å². The summed E-state index contributed by atoms with van der Waals surface area (Å²) < 4.78 is 1.70. The van der Waals surface area contributed by atoms with Crippen LogP contribution in [-0.2, 0) is 6.54 Å². The highest BCUT2D eigenvalue weighted by Gasteiger charge is 2.06. The van der Waals surface area contributed by atoms with Gasteiger partial charge in [-0.3, -0.25) is 4.98 Å². The fourth-order valence-corrected chi connectivity index (χ4v) is 1.68. The number of hydrogen-bond acceptors (Lipinski definition) is 5. The molecule has 2 aromatic rings. The van der Waals surface area contributed by atoms with Crippen LogP contribution in [0.5, 0.6) is 0 Å². The molecule has 6 nitrogen and oxygen atoms in total. The molecule has 1 N–H and O–H groups in total. The van der Waals surface area contributed by atoms with Crippen molar-refractivity contribution in [2.45, 2.75) is 33.7 Å². The molecule has 2 aromatic heterocycles. The maximum Gasteiger partial charge on any atom is 0.174 e. The molecule has 0 radical (unpaired) electrons. The molecule has 0 aromatic carbocycles. The van der Waals surface area contributed by atoms with Gasteiger partial charge < -0.3 is 5.32 Å². The van der Waals surface area contributed by atoms with E-state index in [4.69, 9.17) is 0 Å². The Bertz CT molecular complexity index is 502. The summed E-state index contributed by atoms with van der Waals surface area (Å²) in [6, 6.07) is 0. The van der Waals surface area contributed by atoms with Crippen LogP contribution in [0.2, 0.25) is 0 Å². The first-order valence-electron chi connectivity index (χ1n) is 6.13.